The van der Waals surface area contributed by atoms with Crippen LogP contribution in [0.5, 0.6) is 0 Å². The minimum atomic E-state index is -0.339. The second-order valence-electron chi connectivity index (χ2n) is 6.24. The number of hydrogen-bond acceptors (Lipinski definition) is 3. The van der Waals surface area contributed by atoms with E-state index >= 15 is 0 Å². The zero-order valence-corrected chi connectivity index (χ0v) is 12.6. The Kier molecular flexibility index (Phi) is 4.76. The van der Waals surface area contributed by atoms with Crippen LogP contribution in [0.1, 0.15) is 45.2 Å². The Labute approximate surface area is 121 Å². The molecule has 0 bridgehead atoms. The molecule has 0 radical (unpaired) electrons. The SMILES string of the molecule is C[C@H](NC(=O)C(C)(C)C1CCCNC1)c1ccncc1. The van der Waals surface area contributed by atoms with Gasteiger partial charge in [-0.15, -0.1) is 0 Å². The Morgan fingerprint density at radius 1 is 1.45 bits per heavy atom. The van der Waals surface area contributed by atoms with Gasteiger partial charge in [-0.05, 0) is 56.5 Å². The summed E-state index contributed by atoms with van der Waals surface area (Å²) in [5.41, 5.74) is 0.750. The van der Waals surface area contributed by atoms with Gasteiger partial charge in [-0.3, -0.25) is 9.78 Å². The van der Waals surface area contributed by atoms with Gasteiger partial charge in [0.25, 0.3) is 0 Å². The Hall–Kier alpha value is -1.42. The topological polar surface area (TPSA) is 54.0 Å². The summed E-state index contributed by atoms with van der Waals surface area (Å²) in [4.78, 5) is 16.6. The molecule has 1 fully saturated rings. The molecule has 2 atom stereocenters. The summed E-state index contributed by atoms with van der Waals surface area (Å²) >= 11 is 0. The average Bonchev–Trinajstić information content (AvgIpc) is 2.49. The second kappa shape index (κ2) is 6.35. The third kappa shape index (κ3) is 3.37. The quantitative estimate of drug-likeness (QED) is 0.886. The van der Waals surface area contributed by atoms with Crippen LogP contribution in [0.15, 0.2) is 24.5 Å². The van der Waals surface area contributed by atoms with Crippen molar-refractivity contribution < 1.29 is 4.79 Å². The minimum Gasteiger partial charge on any atom is -0.349 e. The molecule has 2 rings (SSSR count). The maximum atomic E-state index is 12.6. The molecule has 2 N–H and O–H groups in total. The summed E-state index contributed by atoms with van der Waals surface area (Å²) in [6.07, 6.45) is 5.79. The first-order valence-corrected chi connectivity index (χ1v) is 7.43. The summed E-state index contributed by atoms with van der Waals surface area (Å²) in [5.74, 6) is 0.538. The van der Waals surface area contributed by atoms with Gasteiger partial charge in [-0.25, -0.2) is 0 Å². The Balaban J connectivity index is 1.99. The summed E-state index contributed by atoms with van der Waals surface area (Å²) < 4.78 is 0. The van der Waals surface area contributed by atoms with Crippen molar-refractivity contribution in [2.75, 3.05) is 13.1 Å². The number of pyridine rings is 1. The fraction of sp³-hybridized carbons (Fsp3) is 0.625. The number of carbonyl (C=O) groups is 1. The van der Waals surface area contributed by atoms with Gasteiger partial charge < -0.3 is 10.6 Å². The number of rotatable bonds is 4. The normalized spacial score (nSPS) is 21.2. The number of nitrogens with zero attached hydrogens (tertiary/aromatic N) is 1. The molecule has 1 saturated heterocycles. The van der Waals surface area contributed by atoms with Crippen LogP contribution in [0.3, 0.4) is 0 Å². The molecule has 0 aromatic carbocycles. The highest BCUT2D eigenvalue weighted by Crippen LogP contribution is 2.32. The Morgan fingerprint density at radius 3 is 2.75 bits per heavy atom. The number of hydrogen-bond donors (Lipinski definition) is 2. The number of aromatic nitrogens is 1. The molecular weight excluding hydrogens is 250 g/mol. The van der Waals surface area contributed by atoms with Crippen molar-refractivity contribution in [2.24, 2.45) is 11.3 Å². The van der Waals surface area contributed by atoms with Crippen LogP contribution in [0.25, 0.3) is 0 Å². The van der Waals surface area contributed by atoms with Crippen molar-refractivity contribution in [3.63, 3.8) is 0 Å². The first-order chi connectivity index (χ1) is 9.51. The van der Waals surface area contributed by atoms with E-state index in [1.807, 2.05) is 19.1 Å². The molecule has 0 aliphatic carbocycles. The highest BCUT2D eigenvalue weighted by molar-refractivity contribution is 5.82. The largest absolute Gasteiger partial charge is 0.349 e. The second-order valence-corrected chi connectivity index (χ2v) is 6.24. The van der Waals surface area contributed by atoms with Crippen LogP contribution >= 0.6 is 0 Å². The van der Waals surface area contributed by atoms with Crippen molar-refractivity contribution in [2.45, 2.75) is 39.7 Å². The van der Waals surface area contributed by atoms with E-state index < -0.39 is 0 Å². The van der Waals surface area contributed by atoms with Crippen molar-refractivity contribution in [1.82, 2.24) is 15.6 Å². The molecule has 0 saturated carbocycles. The third-order valence-electron chi connectivity index (χ3n) is 4.46. The maximum Gasteiger partial charge on any atom is 0.226 e. The van der Waals surface area contributed by atoms with Crippen molar-refractivity contribution >= 4 is 5.91 Å². The number of amides is 1. The zero-order valence-electron chi connectivity index (χ0n) is 12.6. The Morgan fingerprint density at radius 2 is 2.15 bits per heavy atom. The highest BCUT2D eigenvalue weighted by atomic mass is 16.2. The predicted octanol–water partition coefficient (Wildman–Crippen LogP) is 2.28. The van der Waals surface area contributed by atoms with E-state index in [-0.39, 0.29) is 17.4 Å². The van der Waals surface area contributed by atoms with Gasteiger partial charge in [0.15, 0.2) is 0 Å². The van der Waals surface area contributed by atoms with Gasteiger partial charge in [-0.1, -0.05) is 13.8 Å². The van der Waals surface area contributed by atoms with Crippen LogP contribution in [0, 0.1) is 11.3 Å². The molecule has 1 amide bonds. The van der Waals surface area contributed by atoms with Crippen molar-refractivity contribution in [3.8, 4) is 0 Å². The lowest BCUT2D eigenvalue weighted by Gasteiger charge is -2.36. The lowest BCUT2D eigenvalue weighted by molar-refractivity contribution is -0.133. The Bertz CT molecular complexity index is 438. The van der Waals surface area contributed by atoms with E-state index in [0.717, 1.165) is 31.5 Å². The molecule has 1 aliphatic heterocycles. The van der Waals surface area contributed by atoms with E-state index in [0.29, 0.717) is 5.92 Å². The van der Waals surface area contributed by atoms with Crippen LogP contribution in [0.2, 0.25) is 0 Å². The highest BCUT2D eigenvalue weighted by Gasteiger charge is 2.37. The molecule has 1 aliphatic rings. The van der Waals surface area contributed by atoms with E-state index in [2.05, 4.69) is 29.5 Å². The molecule has 110 valence electrons. The van der Waals surface area contributed by atoms with E-state index in [1.165, 1.54) is 0 Å². The summed E-state index contributed by atoms with van der Waals surface area (Å²) in [7, 11) is 0. The standard InChI is InChI=1S/C16H25N3O/c1-12(13-6-9-17-10-7-13)19-15(20)16(2,3)14-5-4-8-18-11-14/h6-7,9-10,12,14,18H,4-5,8,11H2,1-3H3,(H,19,20)/t12-,14?/m0/s1. The van der Waals surface area contributed by atoms with Crippen LogP contribution < -0.4 is 10.6 Å². The van der Waals surface area contributed by atoms with Gasteiger partial charge in [0.2, 0.25) is 5.91 Å². The molecule has 1 aromatic rings. The average molecular weight is 275 g/mol. The van der Waals surface area contributed by atoms with E-state index in [4.69, 9.17) is 0 Å². The predicted molar refractivity (Wildman–Crippen MR) is 80.2 cm³/mol. The van der Waals surface area contributed by atoms with Crippen LogP contribution in [-0.4, -0.2) is 24.0 Å². The van der Waals surface area contributed by atoms with Crippen molar-refractivity contribution in [3.05, 3.63) is 30.1 Å². The molecule has 2 heterocycles. The monoisotopic (exact) mass is 275 g/mol. The zero-order chi connectivity index (χ0) is 14.6. The number of piperidine rings is 1. The summed E-state index contributed by atoms with van der Waals surface area (Å²) in [6, 6.07) is 3.90. The van der Waals surface area contributed by atoms with Crippen molar-refractivity contribution in [1.29, 1.82) is 0 Å². The molecule has 4 heteroatoms. The van der Waals surface area contributed by atoms with Gasteiger partial charge in [0, 0.05) is 17.8 Å². The smallest absolute Gasteiger partial charge is 0.226 e. The number of nitrogens with one attached hydrogen (secondary N) is 2. The maximum absolute atomic E-state index is 12.6. The minimum absolute atomic E-state index is 0.0151. The lowest BCUT2D eigenvalue weighted by atomic mass is 9.74. The molecule has 1 unspecified atom stereocenters. The fourth-order valence-electron chi connectivity index (χ4n) is 2.77. The van der Waals surface area contributed by atoms with Gasteiger partial charge in [0.1, 0.15) is 0 Å². The molecule has 4 nitrogen and oxygen atoms in total. The number of carbonyl (C=O) groups excluding carboxylic acids is 1. The third-order valence-corrected chi connectivity index (χ3v) is 4.46. The summed E-state index contributed by atoms with van der Waals surface area (Å²) in [5, 5.41) is 6.53. The van der Waals surface area contributed by atoms with Crippen LogP contribution in [0.4, 0.5) is 0 Å². The molecular formula is C16H25N3O. The lowest BCUT2D eigenvalue weighted by Crippen LogP contribution is -2.47. The fourth-order valence-corrected chi connectivity index (χ4v) is 2.77. The van der Waals surface area contributed by atoms with Gasteiger partial charge in [-0.2, -0.15) is 0 Å². The van der Waals surface area contributed by atoms with Crippen LogP contribution in [-0.2, 0) is 4.79 Å². The first-order valence-electron chi connectivity index (χ1n) is 7.43. The first kappa shape index (κ1) is 15.0. The van der Waals surface area contributed by atoms with E-state index in [1.54, 1.807) is 12.4 Å². The van der Waals surface area contributed by atoms with Gasteiger partial charge in [0.05, 0.1) is 6.04 Å². The van der Waals surface area contributed by atoms with Gasteiger partial charge >= 0.3 is 0 Å². The molecule has 20 heavy (non-hydrogen) atoms. The van der Waals surface area contributed by atoms with E-state index in [9.17, 15) is 4.79 Å². The molecule has 0 spiro atoms. The molecule has 1 aromatic heterocycles. The summed E-state index contributed by atoms with van der Waals surface area (Å²) in [6.45, 7) is 8.13.